The first kappa shape index (κ1) is 48.8. The number of carbonyl (C=O) groups is 3. The van der Waals surface area contributed by atoms with E-state index in [1.54, 1.807) is 49.9 Å². The number of nitrogen functional groups attached to an aromatic ring is 2. The lowest BCUT2D eigenvalue weighted by Gasteiger charge is -2.31. The number of carbonyl (C=O) groups excluding carboxylic acids is 3. The maximum absolute atomic E-state index is 13.7. The van der Waals surface area contributed by atoms with E-state index in [0.29, 0.717) is 25.1 Å². The third kappa shape index (κ3) is 16.5. The van der Waals surface area contributed by atoms with Gasteiger partial charge in [0.2, 0.25) is 0 Å². The lowest BCUT2D eigenvalue weighted by molar-refractivity contribution is -0.0840. The highest BCUT2D eigenvalue weighted by atomic mass is 35.5. The number of hydrogen-bond donors (Lipinski definition) is 8. The lowest BCUT2D eigenvalue weighted by atomic mass is 9.95. The first-order valence-electron chi connectivity index (χ1n) is 20.1. The SMILES string of the molecule is CCCCCCN(CCNC(=O)c1ccc(CN(C[C@@H](CNC(=O)c2nc(Cl)c(N)nc2N)Cc2ccccc2C)C(=O)OC(C)(C)C)cc1)C[C@H](O)[C@@H](O)[C@H](O)CO. The highest BCUT2D eigenvalue weighted by Crippen LogP contribution is 2.21. The minimum absolute atomic E-state index is 0.0576. The van der Waals surface area contributed by atoms with Crippen molar-refractivity contribution in [3.63, 3.8) is 0 Å². The molecule has 0 saturated carbocycles. The third-order valence-corrected chi connectivity index (χ3v) is 9.90. The number of halogens is 1. The molecule has 3 rings (SSSR count). The van der Waals surface area contributed by atoms with Gasteiger partial charge in [-0.2, -0.15) is 0 Å². The van der Waals surface area contributed by atoms with Crippen LogP contribution >= 0.6 is 11.6 Å². The summed E-state index contributed by atoms with van der Waals surface area (Å²) in [4.78, 5) is 51.5. The van der Waals surface area contributed by atoms with Gasteiger partial charge in [0, 0.05) is 44.8 Å². The molecule has 16 nitrogen and oxygen atoms in total. The van der Waals surface area contributed by atoms with E-state index >= 15 is 0 Å². The van der Waals surface area contributed by atoms with Gasteiger partial charge < -0.3 is 52.2 Å². The molecule has 17 heteroatoms. The summed E-state index contributed by atoms with van der Waals surface area (Å²) in [5.41, 5.74) is 13.9. The van der Waals surface area contributed by atoms with Gasteiger partial charge in [-0.3, -0.25) is 14.5 Å². The van der Waals surface area contributed by atoms with Crippen molar-refractivity contribution in [3.8, 4) is 0 Å². The van der Waals surface area contributed by atoms with Crippen molar-refractivity contribution >= 4 is 41.1 Å². The van der Waals surface area contributed by atoms with E-state index in [1.165, 1.54) is 0 Å². The van der Waals surface area contributed by atoms with E-state index < -0.39 is 42.5 Å². The molecular weight excluding hydrogens is 780 g/mol. The van der Waals surface area contributed by atoms with Gasteiger partial charge in [-0.1, -0.05) is 74.2 Å². The molecule has 0 radical (unpaired) electrons. The van der Waals surface area contributed by atoms with Crippen LogP contribution in [0.25, 0.3) is 0 Å². The minimum atomic E-state index is -1.51. The number of hydrogen-bond acceptors (Lipinski definition) is 13. The number of benzene rings is 2. The molecule has 0 aliphatic carbocycles. The number of aryl methyl sites for hydroxylation is 1. The van der Waals surface area contributed by atoms with Crippen LogP contribution in [0, 0.1) is 12.8 Å². The number of amides is 3. The second-order valence-electron chi connectivity index (χ2n) is 15.8. The fourth-order valence-corrected chi connectivity index (χ4v) is 6.45. The third-order valence-electron chi connectivity index (χ3n) is 9.62. The normalized spacial score (nSPS) is 13.7. The van der Waals surface area contributed by atoms with Gasteiger partial charge in [0.25, 0.3) is 11.8 Å². The predicted octanol–water partition coefficient (Wildman–Crippen LogP) is 3.32. The standard InChI is InChI=1S/C42H63ClN8O8/c1-6-7-8-11-19-50(25-32(53)35(55)33(54)26-52)20-18-46-39(56)30-16-14-28(15-17-30)23-51(41(58)59-42(3,4)5)24-29(21-31-13-10-9-12-27(31)2)22-47-40(57)34-37(44)49-38(45)36(43)48-34/h9-10,12-17,29,32-33,35,52-55H,6-8,11,18-26H2,1-5H3,(H,46,56)(H,47,57)(H4,44,45,49)/t29-,32+,33-,35-/m1/s1. The van der Waals surface area contributed by atoms with Crippen molar-refractivity contribution < 1.29 is 39.5 Å². The number of aliphatic hydroxyl groups is 4. The zero-order chi connectivity index (χ0) is 43.7. The second kappa shape index (κ2) is 23.9. The molecule has 1 heterocycles. The van der Waals surface area contributed by atoms with Crippen LogP contribution in [0.5, 0.6) is 0 Å². The molecule has 1 aromatic heterocycles. The molecule has 0 aliphatic rings. The van der Waals surface area contributed by atoms with Gasteiger partial charge in [-0.15, -0.1) is 0 Å². The zero-order valence-electron chi connectivity index (χ0n) is 34.9. The Bertz CT molecular complexity index is 1800. The summed E-state index contributed by atoms with van der Waals surface area (Å²) in [6.07, 6.45) is -0.330. The molecule has 59 heavy (non-hydrogen) atoms. The number of unbranched alkanes of at least 4 members (excludes halogenated alkanes) is 3. The van der Waals surface area contributed by atoms with Gasteiger partial charge in [0.05, 0.1) is 12.7 Å². The number of nitrogens with zero attached hydrogens (tertiary/aromatic N) is 4. The Balaban J connectivity index is 1.75. The largest absolute Gasteiger partial charge is 0.444 e. The van der Waals surface area contributed by atoms with E-state index in [0.717, 1.165) is 42.4 Å². The molecule has 0 bridgehead atoms. The van der Waals surface area contributed by atoms with Crippen LogP contribution < -0.4 is 22.1 Å². The molecule has 4 atom stereocenters. The molecule has 0 spiro atoms. The minimum Gasteiger partial charge on any atom is -0.444 e. The molecule has 3 amide bonds. The number of nitrogens with one attached hydrogen (secondary N) is 2. The van der Waals surface area contributed by atoms with E-state index in [1.807, 2.05) is 36.1 Å². The Morgan fingerprint density at radius 2 is 1.58 bits per heavy atom. The number of anilines is 2. The Labute approximate surface area is 352 Å². The first-order chi connectivity index (χ1) is 27.9. The highest BCUT2D eigenvalue weighted by molar-refractivity contribution is 6.31. The van der Waals surface area contributed by atoms with Crippen molar-refractivity contribution in [2.24, 2.45) is 5.92 Å². The van der Waals surface area contributed by atoms with Crippen LogP contribution in [0.4, 0.5) is 16.4 Å². The Kier molecular flexibility index (Phi) is 19.7. The second-order valence-corrected chi connectivity index (χ2v) is 16.2. The number of aromatic nitrogens is 2. The van der Waals surface area contributed by atoms with Crippen molar-refractivity contribution in [3.05, 3.63) is 81.6 Å². The Morgan fingerprint density at radius 3 is 2.22 bits per heavy atom. The molecule has 10 N–H and O–H groups in total. The fourth-order valence-electron chi connectivity index (χ4n) is 6.33. The highest BCUT2D eigenvalue weighted by Gasteiger charge is 2.28. The average Bonchev–Trinajstić information content (AvgIpc) is 3.19. The van der Waals surface area contributed by atoms with Crippen LogP contribution in [0.15, 0.2) is 48.5 Å². The van der Waals surface area contributed by atoms with E-state index in [2.05, 4.69) is 27.5 Å². The summed E-state index contributed by atoms with van der Waals surface area (Å²) in [5.74, 6) is -1.47. The van der Waals surface area contributed by atoms with E-state index in [9.17, 15) is 34.8 Å². The van der Waals surface area contributed by atoms with Crippen LogP contribution in [0.1, 0.15) is 90.9 Å². The van der Waals surface area contributed by atoms with Crippen LogP contribution in [0.2, 0.25) is 5.15 Å². The molecule has 326 valence electrons. The zero-order valence-corrected chi connectivity index (χ0v) is 35.6. The smallest absolute Gasteiger partial charge is 0.410 e. The summed E-state index contributed by atoms with van der Waals surface area (Å²) in [6.45, 7) is 10.6. The van der Waals surface area contributed by atoms with Crippen molar-refractivity contribution in [2.45, 2.75) is 97.2 Å². The summed E-state index contributed by atoms with van der Waals surface area (Å²) in [7, 11) is 0. The molecular formula is C42H63ClN8O8. The van der Waals surface area contributed by atoms with Gasteiger partial charge in [0.15, 0.2) is 22.5 Å². The molecule has 0 saturated heterocycles. The molecule has 0 aliphatic heterocycles. The van der Waals surface area contributed by atoms with Gasteiger partial charge >= 0.3 is 6.09 Å². The quantitative estimate of drug-likeness (QED) is 0.0640. The Hall–Kier alpha value is -4.58. The van der Waals surface area contributed by atoms with Crippen molar-refractivity contribution in [1.82, 2.24) is 30.4 Å². The lowest BCUT2D eigenvalue weighted by Crippen LogP contribution is -2.47. The molecule has 0 unspecified atom stereocenters. The molecule has 0 fully saturated rings. The number of aliphatic hydroxyl groups excluding tert-OH is 4. The van der Waals surface area contributed by atoms with Crippen LogP contribution in [-0.4, -0.2) is 128 Å². The van der Waals surface area contributed by atoms with Gasteiger partial charge in [0.1, 0.15) is 17.8 Å². The van der Waals surface area contributed by atoms with Crippen molar-refractivity contribution in [2.75, 3.05) is 57.3 Å². The molecule has 3 aromatic rings. The van der Waals surface area contributed by atoms with Gasteiger partial charge in [-0.25, -0.2) is 14.8 Å². The van der Waals surface area contributed by atoms with Gasteiger partial charge in [-0.05, 0) is 81.8 Å². The number of rotatable bonds is 23. The van der Waals surface area contributed by atoms with Crippen LogP contribution in [-0.2, 0) is 17.7 Å². The summed E-state index contributed by atoms with van der Waals surface area (Å²) in [6, 6.07) is 14.7. The number of ether oxygens (including phenoxy) is 1. The predicted molar refractivity (Wildman–Crippen MR) is 228 cm³/mol. The van der Waals surface area contributed by atoms with E-state index in [4.69, 9.17) is 27.8 Å². The monoisotopic (exact) mass is 842 g/mol. The van der Waals surface area contributed by atoms with Crippen LogP contribution in [0.3, 0.4) is 0 Å². The molecule has 2 aromatic carbocycles. The fraction of sp³-hybridized carbons (Fsp3) is 0.548. The van der Waals surface area contributed by atoms with Crippen molar-refractivity contribution in [1.29, 1.82) is 0 Å². The summed E-state index contributed by atoms with van der Waals surface area (Å²) < 4.78 is 5.82. The Morgan fingerprint density at radius 1 is 0.881 bits per heavy atom. The van der Waals surface area contributed by atoms with E-state index in [-0.39, 0.29) is 67.0 Å². The first-order valence-corrected chi connectivity index (χ1v) is 20.4. The maximum Gasteiger partial charge on any atom is 0.410 e. The summed E-state index contributed by atoms with van der Waals surface area (Å²) >= 11 is 6.03. The summed E-state index contributed by atoms with van der Waals surface area (Å²) in [5, 5.41) is 45.2. The number of nitrogens with two attached hydrogens (primary N) is 2. The maximum atomic E-state index is 13.7. The topological polar surface area (TPSA) is 250 Å². The average molecular weight is 843 g/mol.